The van der Waals surface area contributed by atoms with Gasteiger partial charge in [-0.05, 0) is 12.1 Å². The number of rotatable bonds is 2. The average molecular weight is 262 g/mol. The number of hydrogen-bond donors (Lipinski definition) is 1. The third kappa shape index (κ3) is 3.16. The van der Waals surface area contributed by atoms with Crippen LogP contribution < -0.4 is 5.32 Å². The fourth-order valence-electron chi connectivity index (χ4n) is 0.992. The minimum atomic E-state index is -0.156. The lowest BCUT2D eigenvalue weighted by atomic mass is 10.2. The smallest absolute Gasteiger partial charge is 0.224 e. The first kappa shape index (κ1) is 12.4. The second-order valence-electron chi connectivity index (χ2n) is 2.83. The molecule has 1 aromatic rings. The highest BCUT2D eigenvalue weighted by atomic mass is 35.5. The van der Waals surface area contributed by atoms with E-state index in [0.29, 0.717) is 22.0 Å². The lowest BCUT2D eigenvalue weighted by Crippen LogP contribution is -2.29. The Bertz CT molecular complexity index is 386. The van der Waals surface area contributed by atoms with Crippen molar-refractivity contribution in [1.82, 2.24) is 5.32 Å². The molecule has 5 heteroatoms. The highest BCUT2D eigenvalue weighted by Gasteiger charge is 2.12. The van der Waals surface area contributed by atoms with Crippen molar-refractivity contribution < 1.29 is 4.79 Å². The fourth-order valence-corrected chi connectivity index (χ4v) is 2.02. The van der Waals surface area contributed by atoms with Crippen molar-refractivity contribution in [3.8, 4) is 0 Å². The van der Waals surface area contributed by atoms with Crippen LogP contribution in [0.2, 0.25) is 10.0 Å². The second-order valence-corrected chi connectivity index (χ2v) is 4.05. The predicted octanol–water partition coefficient (Wildman–Crippen LogP) is 3.20. The van der Waals surface area contributed by atoms with Gasteiger partial charge in [-0.3, -0.25) is 4.79 Å². The van der Waals surface area contributed by atoms with Crippen LogP contribution >= 0.6 is 35.4 Å². The zero-order valence-electron chi connectivity index (χ0n) is 8.01. The third-order valence-electron chi connectivity index (χ3n) is 1.76. The number of carbonyl (C=O) groups is 1. The van der Waals surface area contributed by atoms with E-state index in [1.54, 1.807) is 25.1 Å². The number of amides is 1. The van der Waals surface area contributed by atoms with Crippen LogP contribution in [0.5, 0.6) is 0 Å². The first-order chi connectivity index (χ1) is 7.06. The number of nitrogens with one attached hydrogen (secondary N) is 1. The molecule has 0 aliphatic carbocycles. The molecule has 0 saturated carbocycles. The van der Waals surface area contributed by atoms with Crippen molar-refractivity contribution in [2.75, 3.05) is 0 Å². The minimum absolute atomic E-state index is 0.156. The molecule has 0 saturated heterocycles. The van der Waals surface area contributed by atoms with Crippen LogP contribution in [0.25, 0.3) is 0 Å². The Morgan fingerprint density at radius 1 is 1.40 bits per heavy atom. The van der Waals surface area contributed by atoms with E-state index in [4.69, 9.17) is 35.4 Å². The average Bonchev–Trinajstić information content (AvgIpc) is 2.17. The molecule has 1 amide bonds. The minimum Gasteiger partial charge on any atom is -0.316 e. The van der Waals surface area contributed by atoms with E-state index < -0.39 is 0 Å². The van der Waals surface area contributed by atoms with E-state index in [9.17, 15) is 4.79 Å². The number of halogens is 2. The van der Waals surface area contributed by atoms with Gasteiger partial charge in [-0.15, -0.1) is 0 Å². The van der Waals surface area contributed by atoms with E-state index in [0.717, 1.165) is 0 Å². The number of carbonyl (C=O) groups excluding carboxylic acids is 1. The molecule has 0 unspecified atom stereocenters. The van der Waals surface area contributed by atoms with Gasteiger partial charge in [0.25, 0.3) is 0 Å². The largest absolute Gasteiger partial charge is 0.316 e. The molecule has 0 heterocycles. The van der Waals surface area contributed by atoms with Crippen LogP contribution in [0, 0.1) is 0 Å². The normalized spacial score (nSPS) is 9.80. The van der Waals surface area contributed by atoms with Gasteiger partial charge < -0.3 is 5.32 Å². The van der Waals surface area contributed by atoms with Crippen LogP contribution in [0.4, 0.5) is 0 Å². The predicted molar refractivity (Wildman–Crippen MR) is 66.6 cm³/mol. The summed E-state index contributed by atoms with van der Waals surface area (Å²) >= 11 is 16.9. The fraction of sp³-hybridized carbons (Fsp3) is 0.200. The number of benzene rings is 1. The van der Waals surface area contributed by atoms with E-state index in [2.05, 4.69) is 5.32 Å². The Balaban J connectivity index is 2.96. The highest BCUT2D eigenvalue weighted by molar-refractivity contribution is 7.80. The van der Waals surface area contributed by atoms with E-state index in [1.807, 2.05) is 0 Å². The van der Waals surface area contributed by atoms with Gasteiger partial charge in [0.2, 0.25) is 5.91 Å². The van der Waals surface area contributed by atoms with E-state index in [-0.39, 0.29) is 10.9 Å². The van der Waals surface area contributed by atoms with Crippen molar-refractivity contribution in [2.24, 2.45) is 0 Å². The summed E-state index contributed by atoms with van der Waals surface area (Å²) in [6.07, 6.45) is 0.363. The molecule has 80 valence electrons. The summed E-state index contributed by atoms with van der Waals surface area (Å²) in [6, 6.07) is 5.07. The third-order valence-corrected chi connectivity index (χ3v) is 2.70. The van der Waals surface area contributed by atoms with Gasteiger partial charge in [-0.2, -0.15) is 0 Å². The molecule has 0 bridgehead atoms. The van der Waals surface area contributed by atoms with Crippen molar-refractivity contribution in [3.63, 3.8) is 0 Å². The Kier molecular flexibility index (Phi) is 4.51. The topological polar surface area (TPSA) is 29.1 Å². The maximum absolute atomic E-state index is 11.1. The first-order valence-electron chi connectivity index (χ1n) is 4.34. The van der Waals surface area contributed by atoms with Crippen LogP contribution in [0.3, 0.4) is 0 Å². The molecule has 0 spiro atoms. The molecule has 1 aromatic carbocycles. The molecule has 0 atom stereocenters. The Hall–Kier alpha value is -0.640. The van der Waals surface area contributed by atoms with Crippen LogP contribution in [0.1, 0.15) is 18.9 Å². The Morgan fingerprint density at radius 3 is 2.40 bits per heavy atom. The Morgan fingerprint density at radius 2 is 1.93 bits per heavy atom. The summed E-state index contributed by atoms with van der Waals surface area (Å²) in [4.78, 5) is 11.4. The summed E-state index contributed by atoms with van der Waals surface area (Å²) < 4.78 is 0. The molecule has 15 heavy (non-hydrogen) atoms. The van der Waals surface area contributed by atoms with Crippen molar-refractivity contribution in [1.29, 1.82) is 0 Å². The summed E-state index contributed by atoms with van der Waals surface area (Å²) in [6.45, 7) is 1.74. The number of thiocarbonyl (C=S) groups is 1. The van der Waals surface area contributed by atoms with Crippen LogP contribution in [0.15, 0.2) is 18.2 Å². The van der Waals surface area contributed by atoms with Gasteiger partial charge in [0, 0.05) is 12.0 Å². The van der Waals surface area contributed by atoms with Crippen LogP contribution in [-0.4, -0.2) is 10.9 Å². The van der Waals surface area contributed by atoms with E-state index >= 15 is 0 Å². The molecule has 1 rings (SSSR count). The zero-order valence-corrected chi connectivity index (χ0v) is 10.3. The van der Waals surface area contributed by atoms with Crippen molar-refractivity contribution >= 4 is 46.3 Å². The standard InChI is InChI=1S/C10H9Cl2NOS/c1-2-8(14)13-10(15)9-6(11)4-3-5-7(9)12/h3-5H,2H2,1H3,(H,13,14,15). The van der Waals surface area contributed by atoms with E-state index in [1.165, 1.54) is 0 Å². The van der Waals surface area contributed by atoms with Crippen molar-refractivity contribution in [2.45, 2.75) is 13.3 Å². The maximum atomic E-state index is 11.1. The molecule has 2 nitrogen and oxygen atoms in total. The maximum Gasteiger partial charge on any atom is 0.224 e. The van der Waals surface area contributed by atoms with Crippen LogP contribution in [-0.2, 0) is 4.79 Å². The molecular weight excluding hydrogens is 253 g/mol. The van der Waals surface area contributed by atoms with Gasteiger partial charge in [0.1, 0.15) is 4.99 Å². The van der Waals surface area contributed by atoms with Gasteiger partial charge in [-0.25, -0.2) is 0 Å². The summed E-state index contributed by atoms with van der Waals surface area (Å²) in [5.74, 6) is -0.156. The van der Waals surface area contributed by atoms with Gasteiger partial charge in [-0.1, -0.05) is 48.4 Å². The van der Waals surface area contributed by atoms with Crippen molar-refractivity contribution in [3.05, 3.63) is 33.8 Å². The molecule has 0 aliphatic heterocycles. The quantitative estimate of drug-likeness (QED) is 0.829. The van der Waals surface area contributed by atoms with Gasteiger partial charge >= 0.3 is 0 Å². The number of hydrogen-bond acceptors (Lipinski definition) is 2. The lowest BCUT2D eigenvalue weighted by Gasteiger charge is -2.09. The summed E-state index contributed by atoms with van der Waals surface area (Å²) in [5, 5.41) is 3.42. The first-order valence-corrected chi connectivity index (χ1v) is 5.51. The summed E-state index contributed by atoms with van der Waals surface area (Å²) in [7, 11) is 0. The monoisotopic (exact) mass is 261 g/mol. The van der Waals surface area contributed by atoms with Gasteiger partial charge in [0.15, 0.2) is 0 Å². The SMILES string of the molecule is CCC(=O)NC(=S)c1c(Cl)cccc1Cl. The molecule has 1 N–H and O–H groups in total. The lowest BCUT2D eigenvalue weighted by molar-refractivity contribution is -0.119. The molecule has 0 aliphatic rings. The van der Waals surface area contributed by atoms with Gasteiger partial charge in [0.05, 0.1) is 10.0 Å². The summed E-state index contributed by atoms with van der Waals surface area (Å²) in [5.41, 5.74) is 0.498. The zero-order chi connectivity index (χ0) is 11.4. The second kappa shape index (κ2) is 5.45. The molecule has 0 radical (unpaired) electrons. The Labute approximate surface area is 104 Å². The molecular formula is C10H9Cl2NOS. The highest BCUT2D eigenvalue weighted by Crippen LogP contribution is 2.24. The molecule has 0 aromatic heterocycles. The molecule has 0 fully saturated rings.